The van der Waals surface area contributed by atoms with Crippen molar-refractivity contribution in [3.63, 3.8) is 0 Å². The van der Waals surface area contributed by atoms with Gasteiger partial charge in [0.25, 0.3) is 5.91 Å². The summed E-state index contributed by atoms with van der Waals surface area (Å²) < 4.78 is 5.84. The predicted molar refractivity (Wildman–Crippen MR) is 95.2 cm³/mol. The van der Waals surface area contributed by atoms with E-state index in [2.05, 4.69) is 5.32 Å². The molecule has 0 saturated heterocycles. The predicted octanol–water partition coefficient (Wildman–Crippen LogP) is 3.07. The number of nitrogens with two attached hydrogens (primary N) is 1. The molecule has 0 saturated carbocycles. The molecule has 1 unspecified atom stereocenters. The van der Waals surface area contributed by atoms with E-state index in [4.69, 9.17) is 10.5 Å². The SMILES string of the molecule is Cc1ccccc1OC(C)CNC(=O)c1ccc(CN)cc1.Cl. The third-order valence-corrected chi connectivity index (χ3v) is 3.42. The number of nitrogens with one attached hydrogen (secondary N) is 1. The van der Waals surface area contributed by atoms with Crippen LogP contribution in [-0.4, -0.2) is 18.6 Å². The van der Waals surface area contributed by atoms with E-state index >= 15 is 0 Å². The molecule has 0 fully saturated rings. The summed E-state index contributed by atoms with van der Waals surface area (Å²) in [6, 6.07) is 15.1. The zero-order chi connectivity index (χ0) is 15.9. The number of aryl methyl sites for hydroxylation is 1. The highest BCUT2D eigenvalue weighted by molar-refractivity contribution is 5.94. The number of halogens is 1. The van der Waals surface area contributed by atoms with Crippen molar-refractivity contribution in [2.24, 2.45) is 5.73 Å². The Morgan fingerprint density at radius 2 is 1.83 bits per heavy atom. The highest BCUT2D eigenvalue weighted by Crippen LogP contribution is 2.17. The number of carbonyl (C=O) groups excluding carboxylic acids is 1. The average molecular weight is 335 g/mol. The van der Waals surface area contributed by atoms with Gasteiger partial charge in [-0.1, -0.05) is 30.3 Å². The monoisotopic (exact) mass is 334 g/mol. The Balaban J connectivity index is 0.00000264. The number of hydrogen-bond acceptors (Lipinski definition) is 3. The molecule has 0 radical (unpaired) electrons. The van der Waals surface area contributed by atoms with Gasteiger partial charge in [-0.3, -0.25) is 4.79 Å². The van der Waals surface area contributed by atoms with E-state index in [-0.39, 0.29) is 24.4 Å². The van der Waals surface area contributed by atoms with Gasteiger partial charge in [0, 0.05) is 12.1 Å². The van der Waals surface area contributed by atoms with Crippen LogP contribution in [0.5, 0.6) is 5.75 Å². The molecule has 23 heavy (non-hydrogen) atoms. The summed E-state index contributed by atoms with van der Waals surface area (Å²) in [7, 11) is 0. The smallest absolute Gasteiger partial charge is 0.251 e. The van der Waals surface area contributed by atoms with Crippen LogP contribution in [0.3, 0.4) is 0 Å². The van der Waals surface area contributed by atoms with Gasteiger partial charge in [0.05, 0.1) is 6.54 Å². The van der Waals surface area contributed by atoms with Gasteiger partial charge in [-0.25, -0.2) is 0 Å². The molecule has 0 aromatic heterocycles. The summed E-state index contributed by atoms with van der Waals surface area (Å²) >= 11 is 0. The molecule has 0 spiro atoms. The van der Waals surface area contributed by atoms with Crippen molar-refractivity contribution in [2.75, 3.05) is 6.54 Å². The lowest BCUT2D eigenvalue weighted by Gasteiger charge is -2.17. The maximum Gasteiger partial charge on any atom is 0.251 e. The first-order chi connectivity index (χ1) is 10.6. The van der Waals surface area contributed by atoms with Crippen molar-refractivity contribution < 1.29 is 9.53 Å². The van der Waals surface area contributed by atoms with Crippen LogP contribution >= 0.6 is 12.4 Å². The van der Waals surface area contributed by atoms with Gasteiger partial charge >= 0.3 is 0 Å². The Hall–Kier alpha value is -2.04. The minimum atomic E-state index is -0.108. The summed E-state index contributed by atoms with van der Waals surface area (Å²) in [6.07, 6.45) is -0.103. The highest BCUT2D eigenvalue weighted by atomic mass is 35.5. The molecule has 0 heterocycles. The summed E-state index contributed by atoms with van der Waals surface area (Å²) in [5.74, 6) is 0.736. The zero-order valence-corrected chi connectivity index (χ0v) is 14.2. The van der Waals surface area contributed by atoms with Crippen LogP contribution < -0.4 is 15.8 Å². The normalized spacial score (nSPS) is 11.3. The zero-order valence-electron chi connectivity index (χ0n) is 13.4. The maximum absolute atomic E-state index is 12.1. The molecule has 3 N–H and O–H groups in total. The maximum atomic E-state index is 12.1. The molecule has 0 aliphatic rings. The number of carbonyl (C=O) groups is 1. The van der Waals surface area contributed by atoms with Crippen LogP contribution in [0.4, 0.5) is 0 Å². The third kappa shape index (κ3) is 5.58. The molecule has 0 aliphatic carbocycles. The lowest BCUT2D eigenvalue weighted by atomic mass is 10.1. The van der Waals surface area contributed by atoms with Crippen LogP contribution in [0, 0.1) is 6.92 Å². The molecule has 0 bridgehead atoms. The number of benzene rings is 2. The Labute approximate surface area is 143 Å². The molecule has 4 nitrogen and oxygen atoms in total. The van der Waals surface area contributed by atoms with E-state index in [0.29, 0.717) is 18.7 Å². The third-order valence-electron chi connectivity index (χ3n) is 3.42. The average Bonchev–Trinajstić information content (AvgIpc) is 2.55. The van der Waals surface area contributed by atoms with Crippen molar-refractivity contribution >= 4 is 18.3 Å². The van der Waals surface area contributed by atoms with Gasteiger partial charge in [0.15, 0.2) is 0 Å². The van der Waals surface area contributed by atoms with Crippen LogP contribution in [0.15, 0.2) is 48.5 Å². The fraction of sp³-hybridized carbons (Fsp3) is 0.278. The summed E-state index contributed by atoms with van der Waals surface area (Å²) in [4.78, 5) is 12.1. The number of hydrogen-bond donors (Lipinski definition) is 2. The molecule has 124 valence electrons. The highest BCUT2D eigenvalue weighted by Gasteiger charge is 2.09. The first-order valence-corrected chi connectivity index (χ1v) is 7.39. The van der Waals surface area contributed by atoms with Crippen molar-refractivity contribution in [1.82, 2.24) is 5.32 Å². The minimum Gasteiger partial charge on any atom is -0.489 e. The largest absolute Gasteiger partial charge is 0.489 e. The van der Waals surface area contributed by atoms with Gasteiger partial charge in [0.2, 0.25) is 0 Å². The Kier molecular flexibility index (Phi) is 7.59. The lowest BCUT2D eigenvalue weighted by Crippen LogP contribution is -2.33. The number of ether oxygens (including phenoxy) is 1. The number of rotatable bonds is 6. The lowest BCUT2D eigenvalue weighted by molar-refractivity contribution is 0.0932. The molecule has 5 heteroatoms. The molecule has 1 atom stereocenters. The van der Waals surface area contributed by atoms with E-state index in [1.807, 2.05) is 50.2 Å². The topological polar surface area (TPSA) is 64.3 Å². The van der Waals surface area contributed by atoms with Crippen LogP contribution in [0.25, 0.3) is 0 Å². The van der Waals surface area contributed by atoms with Gasteiger partial charge in [-0.05, 0) is 43.2 Å². The van der Waals surface area contributed by atoms with Gasteiger partial charge in [-0.15, -0.1) is 12.4 Å². The Morgan fingerprint density at radius 3 is 2.43 bits per heavy atom. The van der Waals surface area contributed by atoms with E-state index in [9.17, 15) is 4.79 Å². The van der Waals surface area contributed by atoms with Crippen LogP contribution in [-0.2, 0) is 6.54 Å². The molecule has 2 aromatic carbocycles. The summed E-state index contributed by atoms with van der Waals surface area (Å²) in [5.41, 5.74) is 8.26. The van der Waals surface area contributed by atoms with Gasteiger partial charge < -0.3 is 15.8 Å². The number of para-hydroxylation sites is 1. The Morgan fingerprint density at radius 1 is 1.17 bits per heavy atom. The quantitative estimate of drug-likeness (QED) is 0.853. The minimum absolute atomic E-state index is 0. The van der Waals surface area contributed by atoms with E-state index in [0.717, 1.165) is 16.9 Å². The molecule has 0 aliphatic heterocycles. The van der Waals surface area contributed by atoms with Crippen molar-refractivity contribution in [3.8, 4) is 5.75 Å². The first kappa shape index (κ1) is 19.0. The fourth-order valence-electron chi connectivity index (χ4n) is 2.08. The first-order valence-electron chi connectivity index (χ1n) is 7.39. The number of amides is 1. The van der Waals surface area contributed by atoms with E-state index in [1.54, 1.807) is 12.1 Å². The standard InChI is InChI=1S/C18H22N2O2.ClH/c1-13-5-3-4-6-17(13)22-14(2)12-20-18(21)16-9-7-15(11-19)8-10-16;/h3-10,14H,11-12,19H2,1-2H3,(H,20,21);1H. The second kappa shape index (κ2) is 9.18. The molecule has 2 aromatic rings. The summed E-state index contributed by atoms with van der Waals surface area (Å²) in [6.45, 7) is 4.86. The van der Waals surface area contributed by atoms with E-state index < -0.39 is 0 Å². The molecular formula is C18H23ClN2O2. The summed E-state index contributed by atoms with van der Waals surface area (Å²) in [5, 5.41) is 2.88. The molecule has 2 rings (SSSR count). The van der Waals surface area contributed by atoms with Crippen molar-refractivity contribution in [3.05, 3.63) is 65.2 Å². The Bertz CT molecular complexity index is 629. The van der Waals surface area contributed by atoms with Crippen LogP contribution in [0.2, 0.25) is 0 Å². The molecular weight excluding hydrogens is 312 g/mol. The fourth-order valence-corrected chi connectivity index (χ4v) is 2.08. The van der Waals surface area contributed by atoms with Crippen molar-refractivity contribution in [1.29, 1.82) is 0 Å². The second-order valence-corrected chi connectivity index (χ2v) is 5.31. The van der Waals surface area contributed by atoms with Crippen LogP contribution in [0.1, 0.15) is 28.4 Å². The van der Waals surface area contributed by atoms with Gasteiger partial charge in [0.1, 0.15) is 11.9 Å². The van der Waals surface area contributed by atoms with E-state index in [1.165, 1.54) is 0 Å². The second-order valence-electron chi connectivity index (χ2n) is 5.31. The molecule has 1 amide bonds. The van der Waals surface area contributed by atoms with Crippen molar-refractivity contribution in [2.45, 2.75) is 26.5 Å². The van der Waals surface area contributed by atoms with Gasteiger partial charge in [-0.2, -0.15) is 0 Å².